The van der Waals surface area contributed by atoms with Crippen LogP contribution in [0.2, 0.25) is 5.02 Å². The van der Waals surface area contributed by atoms with Crippen molar-refractivity contribution in [1.82, 2.24) is 5.32 Å². The third-order valence-corrected chi connectivity index (χ3v) is 4.83. The van der Waals surface area contributed by atoms with E-state index in [1.807, 2.05) is 12.1 Å². The molecule has 2 fully saturated rings. The molecule has 0 aromatic heterocycles. The molecule has 2 aliphatic rings. The number of carbonyl (C=O) groups excluding carboxylic acids is 1. The molecule has 5 heteroatoms. The fourth-order valence-electron chi connectivity index (χ4n) is 2.96. The Hall–Kier alpha value is -1.10. The van der Waals surface area contributed by atoms with Gasteiger partial charge in [0.25, 0.3) is 0 Å². The molecule has 1 heterocycles. The van der Waals surface area contributed by atoms with Crippen LogP contribution in [0.3, 0.4) is 0 Å². The first-order chi connectivity index (χ1) is 10.1. The molecule has 21 heavy (non-hydrogen) atoms. The number of benzene rings is 1. The molecule has 4 nitrogen and oxygen atoms in total. The molecule has 2 atom stereocenters. The minimum Gasteiger partial charge on any atom is -0.364 e. The Bertz CT molecular complexity index is 514. The van der Waals surface area contributed by atoms with Crippen LogP contribution in [-0.4, -0.2) is 31.2 Å². The van der Waals surface area contributed by atoms with Crippen molar-refractivity contribution < 1.29 is 9.53 Å². The van der Waals surface area contributed by atoms with Gasteiger partial charge in [0.1, 0.15) is 6.10 Å². The summed E-state index contributed by atoms with van der Waals surface area (Å²) < 4.78 is 5.62. The highest BCUT2D eigenvalue weighted by Crippen LogP contribution is 2.47. The highest BCUT2D eigenvalue weighted by Gasteiger charge is 2.44. The second-order valence-corrected chi connectivity index (χ2v) is 6.50. The van der Waals surface area contributed by atoms with E-state index in [1.165, 1.54) is 5.56 Å². The van der Waals surface area contributed by atoms with Gasteiger partial charge in [0.15, 0.2) is 0 Å². The summed E-state index contributed by atoms with van der Waals surface area (Å²) in [4.78, 5) is 12.2. The third-order valence-electron chi connectivity index (χ3n) is 4.57. The molecule has 3 N–H and O–H groups in total. The van der Waals surface area contributed by atoms with Gasteiger partial charge in [-0.25, -0.2) is 0 Å². The summed E-state index contributed by atoms with van der Waals surface area (Å²) in [5.41, 5.74) is 6.91. The van der Waals surface area contributed by atoms with Crippen molar-refractivity contribution in [3.63, 3.8) is 0 Å². The topological polar surface area (TPSA) is 64.4 Å². The van der Waals surface area contributed by atoms with Gasteiger partial charge in [-0.3, -0.25) is 4.79 Å². The molecule has 3 rings (SSSR count). The largest absolute Gasteiger partial charge is 0.364 e. The summed E-state index contributed by atoms with van der Waals surface area (Å²) in [6.07, 6.45) is 3.54. The Balaban J connectivity index is 1.55. The molecule has 1 aromatic rings. The van der Waals surface area contributed by atoms with Crippen molar-refractivity contribution in [2.75, 3.05) is 13.1 Å². The van der Waals surface area contributed by atoms with E-state index in [4.69, 9.17) is 22.1 Å². The predicted octanol–water partition coefficient (Wildman–Crippen LogP) is 1.99. The van der Waals surface area contributed by atoms with E-state index >= 15 is 0 Å². The number of carbonyl (C=O) groups is 1. The van der Waals surface area contributed by atoms with E-state index in [9.17, 15) is 4.79 Å². The molecule has 0 spiro atoms. The summed E-state index contributed by atoms with van der Waals surface area (Å²) in [5.74, 6) is -0.00816. The van der Waals surface area contributed by atoms with Crippen LogP contribution < -0.4 is 11.1 Å². The fourth-order valence-corrected chi connectivity index (χ4v) is 3.09. The van der Waals surface area contributed by atoms with Crippen LogP contribution in [-0.2, 0) is 14.9 Å². The lowest BCUT2D eigenvalue weighted by molar-refractivity contribution is -0.131. The number of rotatable bonds is 5. The lowest BCUT2D eigenvalue weighted by atomic mass is 9.96. The molecule has 1 aromatic carbocycles. The molecule has 1 saturated heterocycles. The normalized spacial score (nSPS) is 26.6. The van der Waals surface area contributed by atoms with E-state index in [0.29, 0.717) is 13.1 Å². The number of halogens is 1. The van der Waals surface area contributed by atoms with Crippen LogP contribution in [0, 0.1) is 0 Å². The first-order valence-corrected chi connectivity index (χ1v) is 7.90. The lowest BCUT2D eigenvalue weighted by Gasteiger charge is -2.19. The molecule has 0 radical (unpaired) electrons. The zero-order chi connectivity index (χ0) is 14.9. The summed E-state index contributed by atoms with van der Waals surface area (Å²) in [6, 6.07) is 7.92. The van der Waals surface area contributed by atoms with Crippen molar-refractivity contribution in [3.8, 4) is 0 Å². The monoisotopic (exact) mass is 308 g/mol. The van der Waals surface area contributed by atoms with Gasteiger partial charge in [0, 0.05) is 23.5 Å². The number of nitrogens with two attached hydrogens (primary N) is 1. The van der Waals surface area contributed by atoms with Crippen molar-refractivity contribution >= 4 is 17.5 Å². The van der Waals surface area contributed by atoms with Crippen molar-refractivity contribution in [2.45, 2.75) is 43.3 Å². The zero-order valence-electron chi connectivity index (χ0n) is 12.0. The second kappa shape index (κ2) is 5.95. The molecule has 1 amide bonds. The minimum atomic E-state index is -0.334. The molecular weight excluding hydrogens is 288 g/mol. The van der Waals surface area contributed by atoms with E-state index in [-0.39, 0.29) is 23.5 Å². The van der Waals surface area contributed by atoms with Crippen molar-refractivity contribution in [3.05, 3.63) is 34.9 Å². The Labute approximate surface area is 130 Å². The maximum absolute atomic E-state index is 12.2. The van der Waals surface area contributed by atoms with Gasteiger partial charge in [-0.15, -0.1) is 0 Å². The molecular formula is C16H21ClN2O2. The van der Waals surface area contributed by atoms with Gasteiger partial charge in [-0.2, -0.15) is 0 Å². The van der Waals surface area contributed by atoms with Crippen LogP contribution >= 0.6 is 11.6 Å². The standard InChI is InChI=1S/C16H21ClN2O2/c17-12-3-1-11(2-4-12)16(7-8-16)10-19-15(20)14-6-5-13(9-18)21-14/h1-4,13-14H,5-10,18H2,(H,19,20)/t13-,14+/m1/s1. The number of hydrogen-bond acceptors (Lipinski definition) is 3. The SMILES string of the molecule is NC[C@H]1CC[C@@H](C(=O)NCC2(c3ccc(Cl)cc3)CC2)O1. The summed E-state index contributed by atoms with van der Waals surface area (Å²) in [5, 5.41) is 3.79. The highest BCUT2D eigenvalue weighted by molar-refractivity contribution is 6.30. The number of ether oxygens (including phenoxy) is 1. The highest BCUT2D eigenvalue weighted by atomic mass is 35.5. The Kier molecular flexibility index (Phi) is 4.20. The van der Waals surface area contributed by atoms with E-state index in [2.05, 4.69) is 17.4 Å². The Morgan fingerprint density at radius 2 is 2.05 bits per heavy atom. The van der Waals surface area contributed by atoms with E-state index in [1.54, 1.807) is 0 Å². The Morgan fingerprint density at radius 1 is 1.33 bits per heavy atom. The molecule has 1 aliphatic heterocycles. The zero-order valence-corrected chi connectivity index (χ0v) is 12.7. The molecule has 0 bridgehead atoms. The van der Waals surface area contributed by atoms with Crippen LogP contribution in [0.15, 0.2) is 24.3 Å². The maximum Gasteiger partial charge on any atom is 0.249 e. The molecule has 0 unspecified atom stereocenters. The number of amides is 1. The Morgan fingerprint density at radius 3 is 2.62 bits per heavy atom. The van der Waals surface area contributed by atoms with Crippen LogP contribution in [0.5, 0.6) is 0 Å². The average molecular weight is 309 g/mol. The quantitative estimate of drug-likeness (QED) is 0.874. The van der Waals surface area contributed by atoms with Crippen LogP contribution in [0.4, 0.5) is 0 Å². The van der Waals surface area contributed by atoms with Gasteiger partial charge >= 0.3 is 0 Å². The molecule has 114 valence electrons. The third kappa shape index (κ3) is 3.23. The predicted molar refractivity (Wildman–Crippen MR) is 82.3 cm³/mol. The van der Waals surface area contributed by atoms with Gasteiger partial charge in [-0.05, 0) is 43.4 Å². The van der Waals surface area contributed by atoms with Crippen LogP contribution in [0.1, 0.15) is 31.2 Å². The van der Waals surface area contributed by atoms with E-state index in [0.717, 1.165) is 30.7 Å². The van der Waals surface area contributed by atoms with Crippen molar-refractivity contribution in [2.24, 2.45) is 5.73 Å². The summed E-state index contributed by atoms with van der Waals surface area (Å²) >= 11 is 5.93. The average Bonchev–Trinajstić information content (AvgIpc) is 3.13. The maximum atomic E-state index is 12.2. The van der Waals surface area contributed by atoms with E-state index < -0.39 is 0 Å². The molecule has 1 aliphatic carbocycles. The number of hydrogen-bond donors (Lipinski definition) is 2. The second-order valence-electron chi connectivity index (χ2n) is 6.06. The lowest BCUT2D eigenvalue weighted by Crippen LogP contribution is -2.39. The first-order valence-electron chi connectivity index (χ1n) is 7.52. The van der Waals surface area contributed by atoms with Crippen LogP contribution in [0.25, 0.3) is 0 Å². The smallest absolute Gasteiger partial charge is 0.249 e. The van der Waals surface area contributed by atoms with Gasteiger partial charge in [0.05, 0.1) is 6.10 Å². The first kappa shape index (κ1) is 14.8. The summed E-state index contributed by atoms with van der Waals surface area (Å²) in [6.45, 7) is 1.15. The summed E-state index contributed by atoms with van der Waals surface area (Å²) in [7, 11) is 0. The van der Waals surface area contributed by atoms with Crippen molar-refractivity contribution in [1.29, 1.82) is 0 Å². The number of nitrogens with one attached hydrogen (secondary N) is 1. The van der Waals surface area contributed by atoms with Gasteiger partial charge in [0.2, 0.25) is 5.91 Å². The molecule has 1 saturated carbocycles. The van der Waals surface area contributed by atoms with Gasteiger partial charge in [-0.1, -0.05) is 23.7 Å². The van der Waals surface area contributed by atoms with Gasteiger partial charge < -0.3 is 15.8 Å². The minimum absolute atomic E-state index is 0.00816. The fraction of sp³-hybridized carbons (Fsp3) is 0.562.